The molecule has 0 fully saturated rings. The lowest BCUT2D eigenvalue weighted by Gasteiger charge is -2.04. The first-order valence-corrected chi connectivity index (χ1v) is 8.50. The molecule has 0 saturated heterocycles. The van der Waals surface area contributed by atoms with Crippen LogP contribution in [0, 0.1) is 6.92 Å². The van der Waals surface area contributed by atoms with E-state index in [-0.39, 0.29) is 5.56 Å². The average Bonchev–Trinajstić information content (AvgIpc) is 3.01. The Morgan fingerprint density at radius 1 is 1.04 bits per heavy atom. The number of aryl methyl sites for hydroxylation is 1. The Balaban J connectivity index is 2.04. The first kappa shape index (κ1) is 16.4. The van der Waals surface area contributed by atoms with E-state index >= 15 is 0 Å². The van der Waals surface area contributed by atoms with Crippen molar-refractivity contribution in [2.45, 2.75) is 6.92 Å². The molecule has 1 aromatic heterocycles. The van der Waals surface area contributed by atoms with Gasteiger partial charge in [-0.2, -0.15) is 5.10 Å². The Morgan fingerprint density at radius 2 is 1.77 bits per heavy atom. The third-order valence-corrected chi connectivity index (χ3v) is 4.66. The van der Waals surface area contributed by atoms with E-state index in [9.17, 15) is 9.90 Å². The summed E-state index contributed by atoms with van der Waals surface area (Å²) in [4.78, 5) is 11.4. The predicted molar refractivity (Wildman–Crippen MR) is 103 cm³/mol. The number of halogens is 1. The minimum atomic E-state index is -0.972. The first-order chi connectivity index (χ1) is 12.5. The molecular weight excluding hydrogens is 348 g/mol. The van der Waals surface area contributed by atoms with E-state index in [0.717, 1.165) is 27.7 Å². The van der Waals surface area contributed by atoms with Crippen LogP contribution in [0.25, 0.3) is 27.8 Å². The van der Waals surface area contributed by atoms with Crippen molar-refractivity contribution < 1.29 is 9.90 Å². The molecule has 0 unspecified atom stereocenters. The van der Waals surface area contributed by atoms with Crippen LogP contribution in [0.4, 0.5) is 0 Å². The van der Waals surface area contributed by atoms with Crippen molar-refractivity contribution in [3.8, 4) is 16.9 Å². The first-order valence-electron chi connectivity index (χ1n) is 8.12. The van der Waals surface area contributed by atoms with Crippen LogP contribution in [0.5, 0.6) is 0 Å². The van der Waals surface area contributed by atoms with Gasteiger partial charge in [0, 0.05) is 10.9 Å². The number of aromatic carboxylic acids is 1. The number of carboxylic acids is 1. The summed E-state index contributed by atoms with van der Waals surface area (Å²) in [5.74, 6) is -0.972. The van der Waals surface area contributed by atoms with Crippen molar-refractivity contribution in [3.63, 3.8) is 0 Å². The maximum atomic E-state index is 11.4. The van der Waals surface area contributed by atoms with E-state index in [2.05, 4.69) is 0 Å². The standard InChI is InChI=1S/C21H15ClN2O2/c1-13-6-9-15(10-7-13)24-19-11-8-14(21(25)26)12-17(19)20(23-24)16-4-2-3-5-18(16)22/h2-12H,1H3,(H,25,26). The molecule has 5 heteroatoms. The molecule has 0 saturated carbocycles. The van der Waals surface area contributed by atoms with Crippen LogP contribution >= 0.6 is 11.6 Å². The quantitative estimate of drug-likeness (QED) is 0.534. The van der Waals surface area contributed by atoms with Crippen molar-refractivity contribution in [1.29, 1.82) is 0 Å². The van der Waals surface area contributed by atoms with Crippen LogP contribution in [0.2, 0.25) is 5.02 Å². The van der Waals surface area contributed by atoms with E-state index in [1.54, 1.807) is 24.3 Å². The number of carbonyl (C=O) groups is 1. The zero-order valence-corrected chi connectivity index (χ0v) is 14.7. The Labute approximate surface area is 155 Å². The van der Waals surface area contributed by atoms with Crippen LogP contribution < -0.4 is 0 Å². The SMILES string of the molecule is Cc1ccc(-n2nc(-c3ccccc3Cl)c3cc(C(=O)O)ccc32)cc1. The Morgan fingerprint density at radius 3 is 2.46 bits per heavy atom. The molecule has 4 rings (SSSR count). The molecule has 0 aliphatic rings. The highest BCUT2D eigenvalue weighted by Gasteiger charge is 2.17. The summed E-state index contributed by atoms with van der Waals surface area (Å²) in [5, 5.41) is 15.4. The molecule has 0 aliphatic heterocycles. The molecule has 4 aromatic rings. The highest BCUT2D eigenvalue weighted by Crippen LogP contribution is 2.34. The maximum Gasteiger partial charge on any atom is 0.335 e. The number of aromatic nitrogens is 2. The predicted octanol–water partition coefficient (Wildman–Crippen LogP) is 5.35. The van der Waals surface area contributed by atoms with E-state index in [1.807, 2.05) is 54.1 Å². The van der Waals surface area contributed by atoms with Gasteiger partial charge in [0.15, 0.2) is 0 Å². The molecule has 0 atom stereocenters. The van der Waals surface area contributed by atoms with Gasteiger partial charge in [0.2, 0.25) is 0 Å². The molecule has 26 heavy (non-hydrogen) atoms. The number of rotatable bonds is 3. The molecule has 4 nitrogen and oxygen atoms in total. The van der Waals surface area contributed by atoms with Crippen molar-refractivity contribution in [3.05, 3.63) is 82.9 Å². The fraction of sp³-hybridized carbons (Fsp3) is 0.0476. The van der Waals surface area contributed by atoms with Gasteiger partial charge in [-0.1, -0.05) is 47.5 Å². The minimum absolute atomic E-state index is 0.217. The number of nitrogens with zero attached hydrogens (tertiary/aromatic N) is 2. The van der Waals surface area contributed by atoms with Gasteiger partial charge < -0.3 is 5.11 Å². The second-order valence-corrected chi connectivity index (χ2v) is 6.52. The normalized spacial score (nSPS) is 11.0. The van der Waals surface area contributed by atoms with Gasteiger partial charge in [-0.15, -0.1) is 0 Å². The summed E-state index contributed by atoms with van der Waals surface area (Å²) >= 11 is 6.37. The zero-order valence-electron chi connectivity index (χ0n) is 14.0. The number of fused-ring (bicyclic) bond motifs is 1. The van der Waals surface area contributed by atoms with Gasteiger partial charge in [-0.25, -0.2) is 9.48 Å². The molecule has 0 amide bonds. The second-order valence-electron chi connectivity index (χ2n) is 6.11. The van der Waals surface area contributed by atoms with Gasteiger partial charge >= 0.3 is 5.97 Å². The lowest BCUT2D eigenvalue weighted by Crippen LogP contribution is -1.97. The van der Waals surface area contributed by atoms with Crippen molar-refractivity contribution in [2.75, 3.05) is 0 Å². The zero-order chi connectivity index (χ0) is 18.3. The summed E-state index contributed by atoms with van der Waals surface area (Å²) in [7, 11) is 0. The number of hydrogen-bond donors (Lipinski definition) is 1. The van der Waals surface area contributed by atoms with E-state index in [4.69, 9.17) is 16.7 Å². The van der Waals surface area contributed by atoms with E-state index < -0.39 is 5.97 Å². The van der Waals surface area contributed by atoms with Gasteiger partial charge in [0.1, 0.15) is 5.69 Å². The molecule has 3 aromatic carbocycles. The highest BCUT2D eigenvalue weighted by atomic mass is 35.5. The lowest BCUT2D eigenvalue weighted by molar-refractivity contribution is 0.0697. The molecule has 0 spiro atoms. The van der Waals surface area contributed by atoms with Gasteiger partial charge in [-0.05, 0) is 43.3 Å². The molecule has 128 valence electrons. The van der Waals surface area contributed by atoms with Gasteiger partial charge in [0.05, 0.1) is 21.8 Å². The van der Waals surface area contributed by atoms with Gasteiger partial charge in [0.25, 0.3) is 0 Å². The molecule has 1 heterocycles. The minimum Gasteiger partial charge on any atom is -0.478 e. The fourth-order valence-corrected chi connectivity index (χ4v) is 3.21. The van der Waals surface area contributed by atoms with Crippen LogP contribution in [0.1, 0.15) is 15.9 Å². The Bertz CT molecular complexity index is 1130. The van der Waals surface area contributed by atoms with E-state index in [0.29, 0.717) is 10.7 Å². The Hall–Kier alpha value is -3.11. The van der Waals surface area contributed by atoms with E-state index in [1.165, 1.54) is 0 Å². The molecule has 1 N–H and O–H groups in total. The third kappa shape index (κ3) is 2.74. The average molecular weight is 363 g/mol. The topological polar surface area (TPSA) is 55.1 Å². The monoisotopic (exact) mass is 362 g/mol. The Kier molecular flexibility index (Phi) is 3.98. The smallest absolute Gasteiger partial charge is 0.335 e. The summed E-state index contributed by atoms with van der Waals surface area (Å²) in [5.41, 5.74) is 4.54. The molecule has 0 radical (unpaired) electrons. The van der Waals surface area contributed by atoms with Crippen molar-refractivity contribution >= 4 is 28.5 Å². The largest absolute Gasteiger partial charge is 0.478 e. The van der Waals surface area contributed by atoms with Crippen LogP contribution in [0.3, 0.4) is 0 Å². The summed E-state index contributed by atoms with van der Waals surface area (Å²) in [6.07, 6.45) is 0. The number of hydrogen-bond acceptors (Lipinski definition) is 2. The van der Waals surface area contributed by atoms with Crippen molar-refractivity contribution in [2.24, 2.45) is 0 Å². The summed E-state index contributed by atoms with van der Waals surface area (Å²) < 4.78 is 1.82. The number of benzene rings is 3. The number of carboxylic acid groups (broad SMARTS) is 1. The second kappa shape index (κ2) is 6.32. The highest BCUT2D eigenvalue weighted by molar-refractivity contribution is 6.33. The molecular formula is C21H15ClN2O2. The van der Waals surface area contributed by atoms with Crippen LogP contribution in [-0.2, 0) is 0 Å². The molecule has 0 bridgehead atoms. The van der Waals surface area contributed by atoms with Crippen LogP contribution in [-0.4, -0.2) is 20.9 Å². The lowest BCUT2D eigenvalue weighted by atomic mass is 10.1. The summed E-state index contributed by atoms with van der Waals surface area (Å²) in [6.45, 7) is 2.03. The molecule has 0 aliphatic carbocycles. The third-order valence-electron chi connectivity index (χ3n) is 4.33. The van der Waals surface area contributed by atoms with Gasteiger partial charge in [-0.3, -0.25) is 0 Å². The fourth-order valence-electron chi connectivity index (χ4n) is 2.99. The summed E-state index contributed by atoms with van der Waals surface area (Å²) in [6, 6.07) is 20.5. The van der Waals surface area contributed by atoms with Crippen LogP contribution in [0.15, 0.2) is 66.7 Å². The maximum absolute atomic E-state index is 11.4. The van der Waals surface area contributed by atoms with Crippen molar-refractivity contribution in [1.82, 2.24) is 9.78 Å².